The fraction of sp³-hybridized carbons (Fsp3) is 0.615. The molecule has 0 radical (unpaired) electrons. The van der Waals surface area contributed by atoms with Gasteiger partial charge in [-0.25, -0.2) is 4.98 Å². The summed E-state index contributed by atoms with van der Waals surface area (Å²) in [5.74, 6) is 2.39. The van der Waals surface area contributed by atoms with Crippen LogP contribution in [0.5, 0.6) is 5.75 Å². The van der Waals surface area contributed by atoms with Crippen LogP contribution in [-0.2, 0) is 0 Å². The van der Waals surface area contributed by atoms with E-state index in [2.05, 4.69) is 16.8 Å². The number of nitrogens with two attached hydrogens (primary N) is 1. The second kappa shape index (κ2) is 5.36. The van der Waals surface area contributed by atoms with Crippen molar-refractivity contribution in [1.82, 2.24) is 4.98 Å². The molecule has 1 saturated heterocycles. The minimum absolute atomic E-state index is 0.249. The summed E-state index contributed by atoms with van der Waals surface area (Å²) in [6.07, 6.45) is 2.96. The van der Waals surface area contributed by atoms with Gasteiger partial charge in [-0.05, 0) is 38.3 Å². The summed E-state index contributed by atoms with van der Waals surface area (Å²) in [4.78, 5) is 6.71. The van der Waals surface area contributed by atoms with Crippen LogP contribution in [0.25, 0.3) is 0 Å². The normalized spacial score (nSPS) is 21.6. The molecule has 1 aromatic heterocycles. The van der Waals surface area contributed by atoms with Gasteiger partial charge in [0.2, 0.25) is 0 Å². The van der Waals surface area contributed by atoms with Crippen molar-refractivity contribution in [2.75, 3.05) is 24.6 Å². The topological polar surface area (TPSA) is 51.4 Å². The van der Waals surface area contributed by atoms with Crippen LogP contribution in [0.15, 0.2) is 18.3 Å². The van der Waals surface area contributed by atoms with E-state index in [0.717, 1.165) is 31.1 Å². The molecule has 1 aliphatic heterocycles. The Morgan fingerprint density at radius 2 is 2.47 bits per heavy atom. The van der Waals surface area contributed by atoms with Gasteiger partial charge in [0.15, 0.2) is 11.6 Å². The molecule has 0 saturated carbocycles. The Bertz CT molecular complexity index is 367. The minimum Gasteiger partial charge on any atom is -0.490 e. The number of hydrogen-bond donors (Lipinski definition) is 1. The molecule has 94 valence electrons. The molecule has 0 aliphatic carbocycles. The Morgan fingerprint density at radius 3 is 3.12 bits per heavy atom. The lowest BCUT2D eigenvalue weighted by Gasteiger charge is -2.21. The van der Waals surface area contributed by atoms with Crippen molar-refractivity contribution < 1.29 is 4.74 Å². The summed E-state index contributed by atoms with van der Waals surface area (Å²) in [6, 6.07) is 4.14. The smallest absolute Gasteiger partial charge is 0.171 e. The molecular formula is C13H21N3O. The molecule has 0 spiro atoms. The maximum Gasteiger partial charge on any atom is 0.171 e. The molecule has 2 N–H and O–H groups in total. The fourth-order valence-electron chi connectivity index (χ4n) is 2.30. The van der Waals surface area contributed by atoms with E-state index in [4.69, 9.17) is 10.5 Å². The first kappa shape index (κ1) is 12.2. The SMILES string of the molecule is CCOc1cccnc1N1CCC(C(C)N)C1. The molecule has 2 rings (SSSR count). The van der Waals surface area contributed by atoms with Crippen molar-refractivity contribution in [3.05, 3.63) is 18.3 Å². The fourth-order valence-corrected chi connectivity index (χ4v) is 2.30. The lowest BCUT2D eigenvalue weighted by molar-refractivity contribution is 0.339. The summed E-state index contributed by atoms with van der Waals surface area (Å²) in [5.41, 5.74) is 5.96. The third-order valence-electron chi connectivity index (χ3n) is 3.32. The van der Waals surface area contributed by atoms with E-state index in [9.17, 15) is 0 Å². The van der Waals surface area contributed by atoms with Gasteiger partial charge in [-0.15, -0.1) is 0 Å². The van der Waals surface area contributed by atoms with Crippen molar-refractivity contribution >= 4 is 5.82 Å². The van der Waals surface area contributed by atoms with Crippen LogP contribution in [0.2, 0.25) is 0 Å². The molecular weight excluding hydrogens is 214 g/mol. The highest BCUT2D eigenvalue weighted by Gasteiger charge is 2.27. The Kier molecular flexibility index (Phi) is 3.84. The summed E-state index contributed by atoms with van der Waals surface area (Å²) in [7, 11) is 0. The van der Waals surface area contributed by atoms with Crippen LogP contribution >= 0.6 is 0 Å². The summed E-state index contributed by atoms with van der Waals surface area (Å²) in [6.45, 7) is 6.74. The van der Waals surface area contributed by atoms with Gasteiger partial charge in [0.25, 0.3) is 0 Å². The number of pyridine rings is 1. The molecule has 2 heterocycles. The number of rotatable bonds is 4. The largest absolute Gasteiger partial charge is 0.490 e. The maximum absolute atomic E-state index is 5.96. The van der Waals surface area contributed by atoms with Crippen LogP contribution in [0.3, 0.4) is 0 Å². The van der Waals surface area contributed by atoms with E-state index < -0.39 is 0 Å². The van der Waals surface area contributed by atoms with Gasteiger partial charge in [-0.1, -0.05) is 0 Å². The Balaban J connectivity index is 2.12. The molecule has 2 unspecified atom stereocenters. The van der Waals surface area contributed by atoms with E-state index >= 15 is 0 Å². The summed E-state index contributed by atoms with van der Waals surface area (Å²) >= 11 is 0. The lowest BCUT2D eigenvalue weighted by Crippen LogP contribution is -2.30. The van der Waals surface area contributed by atoms with Gasteiger partial charge in [0.1, 0.15) is 0 Å². The third kappa shape index (κ3) is 2.69. The van der Waals surface area contributed by atoms with E-state index in [1.54, 1.807) is 0 Å². The predicted molar refractivity (Wildman–Crippen MR) is 69.4 cm³/mol. The van der Waals surface area contributed by atoms with Crippen LogP contribution in [0.1, 0.15) is 20.3 Å². The number of ether oxygens (including phenoxy) is 1. The maximum atomic E-state index is 5.96. The third-order valence-corrected chi connectivity index (χ3v) is 3.32. The molecule has 1 aromatic rings. The van der Waals surface area contributed by atoms with Crippen molar-refractivity contribution in [1.29, 1.82) is 0 Å². The molecule has 1 aliphatic rings. The van der Waals surface area contributed by atoms with Gasteiger partial charge in [0, 0.05) is 25.3 Å². The van der Waals surface area contributed by atoms with Crippen LogP contribution in [0, 0.1) is 5.92 Å². The van der Waals surface area contributed by atoms with Gasteiger partial charge >= 0.3 is 0 Å². The molecule has 1 fully saturated rings. The van der Waals surface area contributed by atoms with Crippen molar-refractivity contribution in [2.45, 2.75) is 26.3 Å². The van der Waals surface area contributed by atoms with Gasteiger partial charge < -0.3 is 15.4 Å². The predicted octanol–water partition coefficient (Wildman–Crippen LogP) is 1.65. The van der Waals surface area contributed by atoms with Gasteiger partial charge in [0.05, 0.1) is 6.61 Å². The highest BCUT2D eigenvalue weighted by atomic mass is 16.5. The molecule has 0 amide bonds. The first-order valence-electron chi connectivity index (χ1n) is 6.30. The summed E-state index contributed by atoms with van der Waals surface area (Å²) < 4.78 is 5.61. The molecule has 0 aromatic carbocycles. The second-order valence-corrected chi connectivity index (χ2v) is 4.61. The first-order chi connectivity index (χ1) is 8.22. The number of anilines is 1. The average Bonchev–Trinajstić information content (AvgIpc) is 2.79. The zero-order valence-electron chi connectivity index (χ0n) is 10.6. The number of aromatic nitrogens is 1. The quantitative estimate of drug-likeness (QED) is 0.862. The lowest BCUT2D eigenvalue weighted by atomic mass is 10.0. The average molecular weight is 235 g/mol. The highest BCUT2D eigenvalue weighted by molar-refractivity contribution is 5.52. The van der Waals surface area contributed by atoms with E-state index in [-0.39, 0.29) is 6.04 Å². The highest BCUT2D eigenvalue weighted by Crippen LogP contribution is 2.30. The van der Waals surface area contributed by atoms with Crippen LogP contribution in [0.4, 0.5) is 5.82 Å². The Labute approximate surface area is 103 Å². The molecule has 2 atom stereocenters. The zero-order chi connectivity index (χ0) is 12.3. The summed E-state index contributed by atoms with van der Waals surface area (Å²) in [5, 5.41) is 0. The molecule has 17 heavy (non-hydrogen) atoms. The van der Waals surface area contributed by atoms with Crippen molar-refractivity contribution in [2.24, 2.45) is 11.7 Å². The molecule has 4 nitrogen and oxygen atoms in total. The van der Waals surface area contributed by atoms with Crippen LogP contribution < -0.4 is 15.4 Å². The Hall–Kier alpha value is -1.29. The minimum atomic E-state index is 0.249. The standard InChI is InChI=1S/C13H21N3O/c1-3-17-12-5-4-7-15-13(12)16-8-6-11(9-16)10(2)14/h4-5,7,10-11H,3,6,8-9,14H2,1-2H3. The van der Waals surface area contributed by atoms with Gasteiger partial charge in [-0.2, -0.15) is 0 Å². The molecule has 0 bridgehead atoms. The van der Waals surface area contributed by atoms with E-state index in [1.807, 2.05) is 25.3 Å². The first-order valence-corrected chi connectivity index (χ1v) is 6.30. The van der Waals surface area contributed by atoms with Crippen LogP contribution in [-0.4, -0.2) is 30.7 Å². The monoisotopic (exact) mass is 235 g/mol. The Morgan fingerprint density at radius 1 is 1.65 bits per heavy atom. The number of nitrogens with zero attached hydrogens (tertiary/aromatic N) is 2. The second-order valence-electron chi connectivity index (χ2n) is 4.61. The van der Waals surface area contributed by atoms with Crippen molar-refractivity contribution in [3.63, 3.8) is 0 Å². The van der Waals surface area contributed by atoms with Gasteiger partial charge in [-0.3, -0.25) is 0 Å². The number of hydrogen-bond acceptors (Lipinski definition) is 4. The zero-order valence-corrected chi connectivity index (χ0v) is 10.6. The molecule has 4 heteroatoms. The van der Waals surface area contributed by atoms with E-state index in [1.165, 1.54) is 0 Å². The van der Waals surface area contributed by atoms with E-state index in [0.29, 0.717) is 12.5 Å². The van der Waals surface area contributed by atoms with Crippen molar-refractivity contribution in [3.8, 4) is 5.75 Å².